The number of urea groups is 1. The predicted molar refractivity (Wildman–Crippen MR) is 96.5 cm³/mol. The maximum absolute atomic E-state index is 12.4. The van der Waals surface area contributed by atoms with Crippen LogP contribution in [0.25, 0.3) is 0 Å². The molecule has 2 aromatic rings. The number of carbonyl (C=O) groups excluding carboxylic acids is 4. The van der Waals surface area contributed by atoms with Crippen LogP contribution >= 0.6 is 0 Å². The molecule has 0 fully saturated rings. The molecule has 0 saturated carbocycles. The largest absolute Gasteiger partial charge is 0.454 e. The lowest BCUT2D eigenvalue weighted by molar-refractivity contribution is -0.150. The van der Waals surface area contributed by atoms with E-state index >= 15 is 0 Å². The van der Waals surface area contributed by atoms with Crippen LogP contribution in [-0.4, -0.2) is 36.5 Å². The summed E-state index contributed by atoms with van der Waals surface area (Å²) < 4.78 is 4.90. The number of primary amides is 1. The maximum Gasteiger partial charge on any atom is 0.329 e. The summed E-state index contributed by atoms with van der Waals surface area (Å²) in [5.74, 6) is -2.11. The van der Waals surface area contributed by atoms with Crippen molar-refractivity contribution in [1.82, 2.24) is 10.6 Å². The third-order valence-electron chi connectivity index (χ3n) is 3.52. The lowest BCUT2D eigenvalue weighted by Crippen LogP contribution is -2.45. The van der Waals surface area contributed by atoms with Crippen LogP contribution < -0.4 is 16.4 Å². The number of hydrogen-bond acceptors (Lipinski definition) is 5. The molecule has 0 aromatic heterocycles. The summed E-state index contributed by atoms with van der Waals surface area (Å²) in [7, 11) is 0. The van der Waals surface area contributed by atoms with Crippen molar-refractivity contribution in [2.75, 3.05) is 6.61 Å². The molecule has 2 aromatic carbocycles. The fraction of sp³-hybridized carbons (Fsp3) is 0.158. The molecule has 0 aliphatic rings. The van der Waals surface area contributed by atoms with Gasteiger partial charge in [0.25, 0.3) is 11.8 Å². The van der Waals surface area contributed by atoms with Gasteiger partial charge in [-0.3, -0.25) is 14.9 Å². The average molecular weight is 369 g/mol. The molecule has 8 heteroatoms. The van der Waals surface area contributed by atoms with Crippen LogP contribution in [0.1, 0.15) is 15.9 Å². The topological polar surface area (TPSA) is 128 Å². The molecular weight excluding hydrogens is 350 g/mol. The Kier molecular flexibility index (Phi) is 7.07. The average Bonchev–Trinajstić information content (AvgIpc) is 2.66. The molecule has 0 aliphatic heterocycles. The van der Waals surface area contributed by atoms with Gasteiger partial charge in [-0.05, 0) is 17.7 Å². The van der Waals surface area contributed by atoms with Crippen LogP contribution in [-0.2, 0) is 20.7 Å². The molecule has 0 heterocycles. The number of ether oxygens (including phenoxy) is 1. The van der Waals surface area contributed by atoms with Gasteiger partial charge < -0.3 is 15.8 Å². The van der Waals surface area contributed by atoms with E-state index in [0.29, 0.717) is 5.56 Å². The molecule has 140 valence electrons. The van der Waals surface area contributed by atoms with Crippen LogP contribution in [0.2, 0.25) is 0 Å². The van der Waals surface area contributed by atoms with E-state index in [1.807, 2.05) is 6.07 Å². The first-order chi connectivity index (χ1) is 13.0. The third-order valence-corrected chi connectivity index (χ3v) is 3.52. The van der Waals surface area contributed by atoms with E-state index in [4.69, 9.17) is 10.5 Å². The highest BCUT2D eigenvalue weighted by molar-refractivity contribution is 5.97. The normalized spacial score (nSPS) is 11.1. The predicted octanol–water partition coefficient (Wildman–Crippen LogP) is 0.766. The van der Waals surface area contributed by atoms with Gasteiger partial charge in [0.2, 0.25) is 0 Å². The molecule has 4 N–H and O–H groups in total. The summed E-state index contributed by atoms with van der Waals surface area (Å²) in [4.78, 5) is 46.8. The summed E-state index contributed by atoms with van der Waals surface area (Å²) in [5, 5.41) is 4.40. The standard InChI is InChI=1S/C19H19N3O5/c20-19(26)22-16(23)12-27-18(25)15(11-13-7-3-1-4-8-13)21-17(24)14-9-5-2-6-10-14/h1-10,15H,11-12H2,(H,21,24)(H3,20,22,23,26). The summed E-state index contributed by atoms with van der Waals surface area (Å²) >= 11 is 0. The Morgan fingerprint density at radius 1 is 0.926 bits per heavy atom. The highest BCUT2D eigenvalue weighted by Crippen LogP contribution is 2.07. The molecule has 27 heavy (non-hydrogen) atoms. The van der Waals surface area contributed by atoms with Crippen molar-refractivity contribution in [3.63, 3.8) is 0 Å². The second-order valence-corrected chi connectivity index (χ2v) is 5.60. The van der Waals surface area contributed by atoms with Crippen molar-refractivity contribution in [1.29, 1.82) is 0 Å². The van der Waals surface area contributed by atoms with E-state index in [1.54, 1.807) is 59.9 Å². The number of esters is 1. The monoisotopic (exact) mass is 369 g/mol. The van der Waals surface area contributed by atoms with Gasteiger partial charge in [0.05, 0.1) is 0 Å². The van der Waals surface area contributed by atoms with Crippen molar-refractivity contribution in [2.24, 2.45) is 5.73 Å². The lowest BCUT2D eigenvalue weighted by atomic mass is 10.1. The molecule has 0 radical (unpaired) electrons. The summed E-state index contributed by atoms with van der Waals surface area (Å²) in [6.45, 7) is -0.686. The van der Waals surface area contributed by atoms with E-state index < -0.39 is 36.5 Å². The Labute approximate surface area is 155 Å². The van der Waals surface area contributed by atoms with Crippen molar-refractivity contribution in [3.8, 4) is 0 Å². The van der Waals surface area contributed by atoms with Crippen LogP contribution in [0.5, 0.6) is 0 Å². The molecule has 2 rings (SSSR count). The molecule has 0 bridgehead atoms. The minimum Gasteiger partial charge on any atom is -0.454 e. The Morgan fingerprint density at radius 2 is 1.52 bits per heavy atom. The molecule has 0 spiro atoms. The van der Waals surface area contributed by atoms with Crippen LogP contribution in [0.15, 0.2) is 60.7 Å². The smallest absolute Gasteiger partial charge is 0.329 e. The number of benzene rings is 2. The lowest BCUT2D eigenvalue weighted by Gasteiger charge is -2.18. The van der Waals surface area contributed by atoms with Crippen molar-refractivity contribution in [2.45, 2.75) is 12.5 Å². The van der Waals surface area contributed by atoms with Gasteiger partial charge >= 0.3 is 12.0 Å². The van der Waals surface area contributed by atoms with Gasteiger partial charge in [-0.25, -0.2) is 9.59 Å². The molecule has 0 aliphatic carbocycles. The van der Waals surface area contributed by atoms with E-state index in [0.717, 1.165) is 5.56 Å². The highest BCUT2D eigenvalue weighted by Gasteiger charge is 2.24. The number of imide groups is 1. The van der Waals surface area contributed by atoms with Crippen LogP contribution in [0.4, 0.5) is 4.79 Å². The minimum atomic E-state index is -1.05. The molecule has 1 unspecified atom stereocenters. The number of nitrogens with two attached hydrogens (primary N) is 1. The SMILES string of the molecule is NC(=O)NC(=O)COC(=O)C(Cc1ccccc1)NC(=O)c1ccccc1. The zero-order valence-corrected chi connectivity index (χ0v) is 14.4. The zero-order chi connectivity index (χ0) is 19.6. The van der Waals surface area contributed by atoms with Gasteiger partial charge in [0.15, 0.2) is 6.61 Å². The van der Waals surface area contributed by atoms with Crippen molar-refractivity contribution < 1.29 is 23.9 Å². The molecule has 8 nitrogen and oxygen atoms in total. The fourth-order valence-electron chi connectivity index (χ4n) is 2.28. The van der Waals surface area contributed by atoms with Crippen LogP contribution in [0, 0.1) is 0 Å². The third kappa shape index (κ3) is 6.62. The number of carbonyl (C=O) groups is 4. The molecule has 0 saturated heterocycles. The van der Waals surface area contributed by atoms with Gasteiger partial charge in [-0.15, -0.1) is 0 Å². The summed E-state index contributed by atoms with van der Waals surface area (Å²) in [6.07, 6.45) is 0.176. The van der Waals surface area contributed by atoms with Gasteiger partial charge in [0, 0.05) is 12.0 Å². The number of amides is 4. The second kappa shape index (κ2) is 9.71. The number of rotatable bonds is 7. The van der Waals surface area contributed by atoms with E-state index in [-0.39, 0.29) is 6.42 Å². The van der Waals surface area contributed by atoms with Crippen molar-refractivity contribution >= 4 is 23.8 Å². The van der Waals surface area contributed by atoms with Gasteiger partial charge in [-0.1, -0.05) is 48.5 Å². The van der Waals surface area contributed by atoms with Crippen LogP contribution in [0.3, 0.4) is 0 Å². The highest BCUT2D eigenvalue weighted by atomic mass is 16.5. The zero-order valence-electron chi connectivity index (χ0n) is 14.4. The van der Waals surface area contributed by atoms with E-state index in [9.17, 15) is 19.2 Å². The Hall–Kier alpha value is -3.68. The first-order valence-corrected chi connectivity index (χ1v) is 8.11. The molecule has 4 amide bonds. The Balaban J connectivity index is 2.06. The molecule has 1 atom stereocenters. The fourth-order valence-corrected chi connectivity index (χ4v) is 2.28. The van der Waals surface area contributed by atoms with E-state index in [2.05, 4.69) is 5.32 Å². The van der Waals surface area contributed by atoms with Gasteiger partial charge in [-0.2, -0.15) is 0 Å². The van der Waals surface area contributed by atoms with Gasteiger partial charge in [0.1, 0.15) is 6.04 Å². The van der Waals surface area contributed by atoms with Crippen molar-refractivity contribution in [3.05, 3.63) is 71.8 Å². The number of nitrogens with one attached hydrogen (secondary N) is 2. The quantitative estimate of drug-likeness (QED) is 0.621. The summed E-state index contributed by atoms with van der Waals surface area (Å²) in [5.41, 5.74) is 6.01. The second-order valence-electron chi connectivity index (χ2n) is 5.60. The number of hydrogen-bond donors (Lipinski definition) is 3. The summed E-state index contributed by atoms with van der Waals surface area (Å²) in [6, 6.07) is 15.4. The molecular formula is C19H19N3O5. The Bertz CT molecular complexity index is 809. The minimum absolute atomic E-state index is 0.176. The van der Waals surface area contributed by atoms with E-state index in [1.165, 1.54) is 0 Å². The Morgan fingerprint density at radius 3 is 2.11 bits per heavy atom. The first-order valence-electron chi connectivity index (χ1n) is 8.11. The maximum atomic E-state index is 12.4. The first kappa shape index (κ1) is 19.6.